The second-order valence-corrected chi connectivity index (χ2v) is 8.63. The molecule has 1 heterocycles. The van der Waals surface area contributed by atoms with E-state index in [2.05, 4.69) is 49.1 Å². The van der Waals surface area contributed by atoms with Crippen molar-refractivity contribution in [2.24, 2.45) is 23.8 Å². The molecule has 0 aromatic carbocycles. The predicted octanol–water partition coefficient (Wildman–Crippen LogP) is 3.60. The van der Waals surface area contributed by atoms with Crippen LogP contribution in [-0.2, 0) is 13.5 Å². The Morgan fingerprint density at radius 2 is 2.10 bits per heavy atom. The zero-order chi connectivity index (χ0) is 14.8. The third-order valence-corrected chi connectivity index (χ3v) is 7.01. The molecular weight excluding hydrogens is 258 g/mol. The van der Waals surface area contributed by atoms with Crippen LogP contribution in [0.2, 0.25) is 0 Å². The van der Waals surface area contributed by atoms with Gasteiger partial charge in [-0.1, -0.05) is 20.8 Å². The molecule has 0 radical (unpaired) electrons. The van der Waals surface area contributed by atoms with E-state index in [4.69, 9.17) is 0 Å². The molecule has 3 nitrogen and oxygen atoms in total. The Balaban J connectivity index is 1.62. The highest BCUT2D eigenvalue weighted by Gasteiger charge is 2.59. The van der Waals surface area contributed by atoms with Crippen molar-refractivity contribution in [1.29, 1.82) is 0 Å². The van der Waals surface area contributed by atoms with Crippen molar-refractivity contribution < 1.29 is 0 Å². The van der Waals surface area contributed by atoms with Crippen molar-refractivity contribution in [3.63, 3.8) is 0 Å². The highest BCUT2D eigenvalue weighted by molar-refractivity contribution is 5.26. The zero-order valence-electron chi connectivity index (χ0n) is 13.9. The summed E-state index contributed by atoms with van der Waals surface area (Å²) in [4.78, 5) is 0. The van der Waals surface area contributed by atoms with Gasteiger partial charge in [0, 0.05) is 30.4 Å². The molecule has 2 bridgehead atoms. The Morgan fingerprint density at radius 1 is 1.29 bits per heavy atom. The highest BCUT2D eigenvalue weighted by atomic mass is 15.3. The molecule has 1 aromatic heterocycles. The first-order valence-electron chi connectivity index (χ1n) is 8.69. The van der Waals surface area contributed by atoms with Crippen LogP contribution in [0.5, 0.6) is 0 Å². The summed E-state index contributed by atoms with van der Waals surface area (Å²) in [5, 5.41) is 8.60. The lowest BCUT2D eigenvalue weighted by molar-refractivity contribution is 0.0956. The Kier molecular flexibility index (Phi) is 2.86. The molecule has 0 saturated heterocycles. The van der Waals surface area contributed by atoms with Crippen LogP contribution < -0.4 is 5.32 Å². The molecule has 116 valence electrons. The topological polar surface area (TPSA) is 29.9 Å². The Labute approximate surface area is 128 Å². The molecule has 4 atom stereocenters. The second-order valence-electron chi connectivity index (χ2n) is 8.63. The molecule has 0 spiro atoms. The van der Waals surface area contributed by atoms with Gasteiger partial charge in [0.1, 0.15) is 0 Å². The summed E-state index contributed by atoms with van der Waals surface area (Å²) < 4.78 is 2.08. The van der Waals surface area contributed by atoms with Gasteiger partial charge >= 0.3 is 0 Å². The van der Waals surface area contributed by atoms with E-state index < -0.39 is 0 Å². The van der Waals surface area contributed by atoms with Crippen LogP contribution in [0.15, 0.2) is 6.20 Å². The molecule has 2 unspecified atom stereocenters. The predicted molar refractivity (Wildman–Crippen MR) is 85.0 cm³/mol. The minimum atomic E-state index is 0.437. The molecule has 0 amide bonds. The van der Waals surface area contributed by atoms with Crippen molar-refractivity contribution in [2.45, 2.75) is 71.4 Å². The number of fused-ring (bicyclic) bond motifs is 3. The van der Waals surface area contributed by atoms with Crippen LogP contribution in [0.1, 0.15) is 70.2 Å². The summed E-state index contributed by atoms with van der Waals surface area (Å²) in [7, 11) is 2.09. The number of aromatic nitrogens is 2. The van der Waals surface area contributed by atoms with Crippen molar-refractivity contribution in [3.05, 3.63) is 17.5 Å². The van der Waals surface area contributed by atoms with Gasteiger partial charge in [0.25, 0.3) is 0 Å². The van der Waals surface area contributed by atoms with Crippen LogP contribution >= 0.6 is 0 Å². The first kappa shape index (κ1) is 13.8. The normalized spacial score (nSPS) is 40.5. The van der Waals surface area contributed by atoms with Gasteiger partial charge in [-0.3, -0.25) is 4.68 Å². The second kappa shape index (κ2) is 4.34. The summed E-state index contributed by atoms with van der Waals surface area (Å²) >= 11 is 0. The number of hydrogen-bond acceptors (Lipinski definition) is 2. The fraction of sp³-hybridized carbons (Fsp3) is 0.833. The average Bonchev–Trinajstić information content (AvgIpc) is 3.05. The molecule has 2 saturated carbocycles. The summed E-state index contributed by atoms with van der Waals surface area (Å²) in [6.45, 7) is 7.51. The Morgan fingerprint density at radius 3 is 2.81 bits per heavy atom. The molecule has 3 aliphatic rings. The smallest absolute Gasteiger partial charge is 0.0540 e. The van der Waals surface area contributed by atoms with Gasteiger partial charge in [0.05, 0.1) is 6.20 Å². The molecule has 21 heavy (non-hydrogen) atoms. The fourth-order valence-electron chi connectivity index (χ4n) is 5.80. The van der Waals surface area contributed by atoms with E-state index >= 15 is 0 Å². The average molecular weight is 287 g/mol. The molecular formula is C18H29N3. The lowest BCUT2D eigenvalue weighted by atomic mass is 9.68. The zero-order valence-corrected chi connectivity index (χ0v) is 13.9. The maximum Gasteiger partial charge on any atom is 0.0540 e. The van der Waals surface area contributed by atoms with Gasteiger partial charge in [-0.25, -0.2) is 0 Å². The summed E-state index contributed by atoms with van der Waals surface area (Å²) in [6, 6.07) is 1.17. The van der Waals surface area contributed by atoms with E-state index in [1.165, 1.54) is 49.8 Å². The standard InChI is InChI=1S/C18H29N3/c1-17(2)12-8-9-18(3,10-12)16(17)20-14-6-5-7-15-13(14)11-19-21(15)4/h11-12,14,16,20H,5-10H2,1-4H3/t12-,14?,16?,18+/m0/s1. The molecule has 0 aliphatic heterocycles. The number of aryl methyl sites for hydroxylation is 1. The lowest BCUT2D eigenvalue weighted by Crippen LogP contribution is -2.51. The highest BCUT2D eigenvalue weighted by Crippen LogP contribution is 2.62. The van der Waals surface area contributed by atoms with Gasteiger partial charge in [-0.05, 0) is 55.3 Å². The number of rotatable bonds is 2. The van der Waals surface area contributed by atoms with Gasteiger partial charge in [-0.15, -0.1) is 0 Å². The monoisotopic (exact) mass is 287 g/mol. The van der Waals surface area contributed by atoms with Gasteiger partial charge in [0.2, 0.25) is 0 Å². The number of hydrogen-bond donors (Lipinski definition) is 1. The van der Waals surface area contributed by atoms with E-state index in [1.807, 2.05) is 0 Å². The van der Waals surface area contributed by atoms with Crippen molar-refractivity contribution >= 4 is 0 Å². The van der Waals surface area contributed by atoms with E-state index in [1.54, 1.807) is 0 Å². The maximum absolute atomic E-state index is 4.50. The third kappa shape index (κ3) is 1.86. The molecule has 3 aliphatic carbocycles. The summed E-state index contributed by atoms with van der Waals surface area (Å²) in [6.07, 6.45) is 10.1. The van der Waals surface area contributed by atoms with E-state index in [-0.39, 0.29) is 0 Å². The minimum Gasteiger partial charge on any atom is -0.306 e. The lowest BCUT2D eigenvalue weighted by Gasteiger charge is -2.45. The molecule has 3 heteroatoms. The molecule has 4 rings (SSSR count). The molecule has 1 aromatic rings. The number of nitrogens with one attached hydrogen (secondary N) is 1. The molecule has 1 N–H and O–H groups in total. The van der Waals surface area contributed by atoms with E-state index in [0.717, 1.165) is 5.92 Å². The van der Waals surface area contributed by atoms with Gasteiger partial charge in [0.15, 0.2) is 0 Å². The van der Waals surface area contributed by atoms with E-state index in [0.29, 0.717) is 22.9 Å². The quantitative estimate of drug-likeness (QED) is 0.900. The SMILES string of the molecule is Cn1ncc2c1CCCC2NC1C(C)(C)[C@H]2CC[C@]1(C)C2. The first-order chi connectivity index (χ1) is 9.92. The van der Waals surface area contributed by atoms with E-state index in [9.17, 15) is 0 Å². The van der Waals surface area contributed by atoms with Gasteiger partial charge < -0.3 is 5.32 Å². The summed E-state index contributed by atoms with van der Waals surface area (Å²) in [5.74, 6) is 0.914. The van der Waals surface area contributed by atoms with Crippen LogP contribution in [0.3, 0.4) is 0 Å². The largest absolute Gasteiger partial charge is 0.306 e. The van der Waals surface area contributed by atoms with Crippen molar-refractivity contribution in [3.8, 4) is 0 Å². The number of nitrogens with zero attached hydrogens (tertiary/aromatic N) is 2. The van der Waals surface area contributed by atoms with Crippen LogP contribution in [0.4, 0.5) is 0 Å². The van der Waals surface area contributed by atoms with Crippen LogP contribution in [-0.4, -0.2) is 15.8 Å². The Hall–Kier alpha value is -0.830. The summed E-state index contributed by atoms with van der Waals surface area (Å²) in [5.41, 5.74) is 3.86. The van der Waals surface area contributed by atoms with Crippen LogP contribution in [0.25, 0.3) is 0 Å². The molecule has 2 fully saturated rings. The first-order valence-corrected chi connectivity index (χ1v) is 8.69. The Bertz CT molecular complexity index is 554. The van der Waals surface area contributed by atoms with Crippen molar-refractivity contribution in [1.82, 2.24) is 15.1 Å². The van der Waals surface area contributed by atoms with Crippen LogP contribution in [0, 0.1) is 16.7 Å². The van der Waals surface area contributed by atoms with Gasteiger partial charge in [-0.2, -0.15) is 5.10 Å². The maximum atomic E-state index is 4.50. The van der Waals surface area contributed by atoms with Crippen molar-refractivity contribution in [2.75, 3.05) is 0 Å². The fourth-order valence-corrected chi connectivity index (χ4v) is 5.80. The minimum absolute atomic E-state index is 0.437. The third-order valence-electron chi connectivity index (χ3n) is 7.01.